The Bertz CT molecular complexity index is 2130. The molecule has 1 N–H and O–H groups in total. The number of rotatable bonds is 8. The number of aryl methyl sites for hydroxylation is 1. The van der Waals surface area contributed by atoms with Crippen LogP contribution in [0, 0.1) is 12.7 Å². The average molecular weight is 761 g/mol. The number of hydrogen-bond acceptors (Lipinski definition) is 11. The van der Waals surface area contributed by atoms with Gasteiger partial charge in [-0.15, -0.1) is 0 Å². The number of carbonyl (C=O) groups excluding carboxylic acids is 2. The molecule has 17 heteroatoms. The highest BCUT2D eigenvalue weighted by molar-refractivity contribution is 7.87. The van der Waals surface area contributed by atoms with Crippen molar-refractivity contribution in [2.24, 2.45) is 0 Å². The second-order valence-corrected chi connectivity index (χ2v) is 16.2. The molecule has 4 aliphatic heterocycles. The molecule has 2 aromatic carbocycles. The third-order valence-corrected chi connectivity index (χ3v) is 12.5. The zero-order valence-electron chi connectivity index (χ0n) is 29.7. The molecule has 0 unspecified atom stereocenters. The number of carbonyl (C=O) groups is 2. The lowest BCUT2D eigenvalue weighted by Gasteiger charge is -2.41. The first-order valence-electron chi connectivity index (χ1n) is 17.2. The summed E-state index contributed by atoms with van der Waals surface area (Å²) in [5.74, 6) is -2.73. The zero-order chi connectivity index (χ0) is 37.2. The van der Waals surface area contributed by atoms with Gasteiger partial charge in [0.1, 0.15) is 11.4 Å². The van der Waals surface area contributed by atoms with Crippen molar-refractivity contribution in [3.63, 3.8) is 0 Å². The number of piperazine rings is 1. The van der Waals surface area contributed by atoms with Crippen LogP contribution >= 0.6 is 11.6 Å². The number of nitrogens with zero attached hydrogens (tertiary/aromatic N) is 5. The van der Waals surface area contributed by atoms with E-state index in [1.54, 1.807) is 21.2 Å². The summed E-state index contributed by atoms with van der Waals surface area (Å²) in [6, 6.07) is 3.80. The van der Waals surface area contributed by atoms with Crippen molar-refractivity contribution < 1.29 is 36.3 Å². The molecule has 0 saturated carbocycles. The van der Waals surface area contributed by atoms with E-state index in [1.807, 2.05) is 13.0 Å². The maximum Gasteiger partial charge on any atom is 0.341 e. The Kier molecular flexibility index (Phi) is 9.76. The Morgan fingerprint density at radius 2 is 1.88 bits per heavy atom. The quantitative estimate of drug-likeness (QED) is 0.338. The topological polar surface area (TPSA) is 145 Å². The number of likely N-dealkylation sites (N-methyl/N-ethyl adjacent to an activating group) is 1. The van der Waals surface area contributed by atoms with Crippen LogP contribution in [0.5, 0.6) is 0 Å². The second-order valence-electron chi connectivity index (χ2n) is 14.2. The van der Waals surface area contributed by atoms with Gasteiger partial charge in [-0.05, 0) is 50.6 Å². The summed E-state index contributed by atoms with van der Waals surface area (Å²) in [4.78, 5) is 48.0. The van der Waals surface area contributed by atoms with Crippen molar-refractivity contribution in [2.45, 2.75) is 44.5 Å². The fourth-order valence-corrected chi connectivity index (χ4v) is 9.55. The van der Waals surface area contributed by atoms with E-state index in [4.69, 9.17) is 25.5 Å². The van der Waals surface area contributed by atoms with Crippen LogP contribution in [-0.4, -0.2) is 127 Å². The van der Waals surface area contributed by atoms with Crippen LogP contribution in [0.25, 0.3) is 11.0 Å². The van der Waals surface area contributed by atoms with Crippen molar-refractivity contribution in [3.05, 3.63) is 67.3 Å². The fraction of sp³-hybridized carbons (Fsp3) is 0.514. The van der Waals surface area contributed by atoms with Gasteiger partial charge in [0.15, 0.2) is 0 Å². The number of halogens is 2. The summed E-state index contributed by atoms with van der Waals surface area (Å²) in [6.07, 6.45) is 0.596. The molecule has 7 rings (SSSR count). The highest BCUT2D eigenvalue weighted by Crippen LogP contribution is 2.39. The van der Waals surface area contributed by atoms with Crippen LogP contribution in [-0.2, 0) is 32.6 Å². The third kappa shape index (κ3) is 6.43. The summed E-state index contributed by atoms with van der Waals surface area (Å²) >= 11 is 6.93. The van der Waals surface area contributed by atoms with E-state index in [-0.39, 0.29) is 73.2 Å². The number of methoxy groups -OCH3 is 1. The smallest absolute Gasteiger partial charge is 0.341 e. The van der Waals surface area contributed by atoms with Crippen molar-refractivity contribution in [1.82, 2.24) is 18.8 Å². The van der Waals surface area contributed by atoms with E-state index >= 15 is 4.39 Å². The lowest BCUT2D eigenvalue weighted by atomic mass is 9.94. The normalized spacial score (nSPS) is 22.2. The molecule has 52 heavy (non-hydrogen) atoms. The van der Waals surface area contributed by atoms with Crippen molar-refractivity contribution in [3.8, 4) is 0 Å². The van der Waals surface area contributed by atoms with Gasteiger partial charge < -0.3 is 28.6 Å². The Labute approximate surface area is 306 Å². The largest absolute Gasteiger partial charge is 0.422 e. The molecule has 3 aromatic rings. The maximum absolute atomic E-state index is 15.7. The molecule has 280 valence electrons. The summed E-state index contributed by atoms with van der Waals surface area (Å²) in [6.45, 7) is 5.17. The molecular formula is C35H42ClFN6O8S. The van der Waals surface area contributed by atoms with E-state index in [9.17, 15) is 22.8 Å². The number of amides is 2. The summed E-state index contributed by atoms with van der Waals surface area (Å²) in [5.41, 5.74) is 1.96. The standard InChI is InChI=1S/C35H42ClFN6O8S/c1-19-29(41-9-8-40(4)21(14-41)17-49-5)13-27(36)31-23-6-7-42(16-26(23)35(46)51-32(19)31)34(45)24-12-30(39(2)3)25(11-28(24)37)33(44)38-52(47,48)43-15-22-10-20(43)18-50-22/h11-13,20-22H,6-10,14-18H2,1-5H3,(H,38,44)/t20-,21-,22-/m1/s1. The van der Waals surface area contributed by atoms with Gasteiger partial charge in [-0.3, -0.25) is 14.5 Å². The Morgan fingerprint density at radius 3 is 2.56 bits per heavy atom. The molecule has 1 aromatic heterocycles. The van der Waals surface area contributed by atoms with Crippen LogP contribution < -0.4 is 20.1 Å². The second kappa shape index (κ2) is 13.9. The number of fused-ring (bicyclic) bond motifs is 5. The monoisotopic (exact) mass is 760 g/mol. The van der Waals surface area contributed by atoms with Crippen molar-refractivity contribution >= 4 is 56.0 Å². The number of benzene rings is 2. The van der Waals surface area contributed by atoms with Gasteiger partial charge in [0, 0.05) is 70.6 Å². The number of anilines is 2. The zero-order valence-corrected chi connectivity index (χ0v) is 31.3. The van der Waals surface area contributed by atoms with Gasteiger partial charge in [0.25, 0.3) is 11.8 Å². The van der Waals surface area contributed by atoms with E-state index in [1.165, 1.54) is 20.2 Å². The van der Waals surface area contributed by atoms with Crippen LogP contribution in [0.15, 0.2) is 27.4 Å². The molecule has 2 amide bonds. The summed E-state index contributed by atoms with van der Waals surface area (Å²) in [5, 5.41) is 1.05. The van der Waals surface area contributed by atoms with Crippen molar-refractivity contribution in [2.75, 3.05) is 84.0 Å². The molecule has 2 bridgehead atoms. The first kappa shape index (κ1) is 36.6. The number of hydrogen-bond donors (Lipinski definition) is 1. The highest BCUT2D eigenvalue weighted by Gasteiger charge is 2.45. The number of ether oxygens (including phenoxy) is 2. The van der Waals surface area contributed by atoms with Gasteiger partial charge in [-0.25, -0.2) is 13.9 Å². The minimum absolute atomic E-state index is 0.127. The number of morpholine rings is 1. The minimum atomic E-state index is -4.22. The van der Waals surface area contributed by atoms with Gasteiger partial charge in [-0.2, -0.15) is 12.7 Å². The molecule has 14 nitrogen and oxygen atoms in total. The van der Waals surface area contributed by atoms with Gasteiger partial charge in [0.2, 0.25) is 0 Å². The Morgan fingerprint density at radius 1 is 1.12 bits per heavy atom. The SMILES string of the molecule is COC[C@H]1CN(c2cc(Cl)c3c4c(c(=O)oc3c2C)CN(C(=O)c2cc(N(C)C)c(C(=O)NS(=O)(=O)N3C[C@H]5C[C@@H]3CO5)cc2F)CC4)CCN1C. The number of nitrogens with one attached hydrogen (secondary N) is 1. The predicted octanol–water partition coefficient (Wildman–Crippen LogP) is 2.37. The summed E-state index contributed by atoms with van der Waals surface area (Å²) < 4.78 is 61.9. The van der Waals surface area contributed by atoms with E-state index < -0.39 is 33.5 Å². The lowest BCUT2D eigenvalue weighted by Crippen LogP contribution is -2.53. The van der Waals surface area contributed by atoms with E-state index in [0.29, 0.717) is 41.1 Å². The van der Waals surface area contributed by atoms with Crippen molar-refractivity contribution in [1.29, 1.82) is 0 Å². The molecule has 0 spiro atoms. The molecule has 3 fully saturated rings. The van der Waals surface area contributed by atoms with E-state index in [2.05, 4.69) is 21.6 Å². The molecule has 0 aliphatic carbocycles. The van der Waals surface area contributed by atoms with Crippen LogP contribution in [0.4, 0.5) is 15.8 Å². The predicted molar refractivity (Wildman–Crippen MR) is 193 cm³/mol. The van der Waals surface area contributed by atoms with E-state index in [0.717, 1.165) is 30.4 Å². The molecule has 3 atom stereocenters. The third-order valence-electron chi connectivity index (χ3n) is 10.7. The first-order chi connectivity index (χ1) is 24.7. The molecule has 4 aliphatic rings. The van der Waals surface area contributed by atoms with Crippen LogP contribution in [0.2, 0.25) is 5.02 Å². The van der Waals surface area contributed by atoms with Crippen LogP contribution in [0.3, 0.4) is 0 Å². The molecule has 0 radical (unpaired) electrons. The Balaban J connectivity index is 1.14. The average Bonchev–Trinajstić information content (AvgIpc) is 3.75. The molecule has 3 saturated heterocycles. The first-order valence-corrected chi connectivity index (χ1v) is 19.0. The maximum atomic E-state index is 15.7. The van der Waals surface area contributed by atoms with Gasteiger partial charge in [0.05, 0.1) is 65.3 Å². The van der Waals surface area contributed by atoms with Gasteiger partial charge >= 0.3 is 15.8 Å². The summed E-state index contributed by atoms with van der Waals surface area (Å²) in [7, 11) is 2.70. The highest BCUT2D eigenvalue weighted by atomic mass is 35.5. The lowest BCUT2D eigenvalue weighted by molar-refractivity contribution is 0.0601. The fourth-order valence-electron chi connectivity index (χ4n) is 7.88. The molecular weight excluding hydrogens is 719 g/mol. The van der Waals surface area contributed by atoms with Crippen LogP contribution in [0.1, 0.15) is 43.8 Å². The Hall–Kier alpha value is -3.80. The molecule has 5 heterocycles. The van der Waals surface area contributed by atoms with Gasteiger partial charge in [-0.1, -0.05) is 11.6 Å². The minimum Gasteiger partial charge on any atom is -0.422 e.